The van der Waals surface area contributed by atoms with Gasteiger partial charge in [-0.15, -0.1) is 26.6 Å². The van der Waals surface area contributed by atoms with E-state index in [2.05, 4.69) is 20.6 Å². The van der Waals surface area contributed by atoms with Gasteiger partial charge in [0.25, 0.3) is 5.82 Å². The Morgan fingerprint density at radius 1 is 1.21 bits per heavy atom. The number of hydrogen-bond acceptors (Lipinski definition) is 8. The lowest BCUT2D eigenvalue weighted by molar-refractivity contribution is -0.146. The summed E-state index contributed by atoms with van der Waals surface area (Å²) in [6, 6.07) is 3.02. The fraction of sp³-hybridized carbons (Fsp3) is 0.476. The number of amides is 1. The summed E-state index contributed by atoms with van der Waals surface area (Å²) in [5, 5.41) is 14.1. The van der Waals surface area contributed by atoms with E-state index in [4.69, 9.17) is 4.74 Å². The number of rotatable bonds is 5. The lowest BCUT2D eigenvalue weighted by Crippen LogP contribution is -2.38. The van der Waals surface area contributed by atoms with E-state index >= 15 is 0 Å². The number of nitrogens with zero attached hydrogens (tertiary/aromatic N) is 5. The lowest BCUT2D eigenvalue weighted by Gasteiger charge is -2.32. The van der Waals surface area contributed by atoms with Crippen LogP contribution < -0.4 is 10.2 Å². The van der Waals surface area contributed by atoms with Gasteiger partial charge >= 0.3 is 12.1 Å². The molecule has 1 amide bonds. The zero-order chi connectivity index (χ0) is 24.6. The Kier molecular flexibility index (Phi) is 6.47. The van der Waals surface area contributed by atoms with Crippen LogP contribution in [0.2, 0.25) is 0 Å². The Labute approximate surface area is 196 Å². The molecule has 0 aliphatic carbocycles. The summed E-state index contributed by atoms with van der Waals surface area (Å²) in [4.78, 5) is 28.0. The average molecular weight is 497 g/mol. The van der Waals surface area contributed by atoms with Crippen LogP contribution >= 0.6 is 11.3 Å². The molecule has 0 radical (unpaired) electrons. The second kappa shape index (κ2) is 9.20. The predicted molar refractivity (Wildman–Crippen MR) is 119 cm³/mol. The minimum atomic E-state index is -4.67. The van der Waals surface area contributed by atoms with Crippen molar-refractivity contribution in [2.24, 2.45) is 5.92 Å². The zero-order valence-corrected chi connectivity index (χ0v) is 19.6. The Morgan fingerprint density at radius 3 is 2.56 bits per heavy atom. The summed E-state index contributed by atoms with van der Waals surface area (Å²) in [7, 11) is 0. The fourth-order valence-electron chi connectivity index (χ4n) is 3.87. The van der Waals surface area contributed by atoms with Gasteiger partial charge in [-0.25, -0.2) is 4.79 Å². The smallest absolute Gasteiger partial charge is 0.453 e. The molecule has 182 valence electrons. The second-order valence-electron chi connectivity index (χ2n) is 7.94. The molecule has 0 saturated carbocycles. The number of esters is 1. The number of aryl methyl sites for hydroxylation is 1. The number of alkyl halides is 3. The highest BCUT2D eigenvalue weighted by atomic mass is 32.1. The maximum atomic E-state index is 13.1. The summed E-state index contributed by atoms with van der Waals surface area (Å²) < 4.78 is 45.2. The predicted octanol–water partition coefficient (Wildman–Crippen LogP) is 3.85. The topological polar surface area (TPSA) is 102 Å². The first-order chi connectivity index (χ1) is 16.1. The molecule has 0 aromatic carbocycles. The third-order valence-electron chi connectivity index (χ3n) is 5.79. The van der Waals surface area contributed by atoms with E-state index < -0.39 is 18.0 Å². The number of anilines is 2. The number of carbonyl (C=O) groups excluding carboxylic acids is 2. The average Bonchev–Trinajstić information content (AvgIpc) is 3.34. The van der Waals surface area contributed by atoms with Crippen molar-refractivity contribution in [3.63, 3.8) is 0 Å². The van der Waals surface area contributed by atoms with E-state index in [1.807, 2.05) is 18.7 Å². The van der Waals surface area contributed by atoms with E-state index in [9.17, 15) is 22.8 Å². The van der Waals surface area contributed by atoms with Gasteiger partial charge in [0.15, 0.2) is 5.65 Å². The number of aromatic nitrogens is 4. The summed E-state index contributed by atoms with van der Waals surface area (Å²) >= 11 is 1.33. The molecule has 0 atom stereocenters. The number of piperidine rings is 1. The van der Waals surface area contributed by atoms with Gasteiger partial charge in [-0.3, -0.25) is 4.79 Å². The van der Waals surface area contributed by atoms with Crippen LogP contribution in [-0.4, -0.2) is 51.4 Å². The van der Waals surface area contributed by atoms with Crippen molar-refractivity contribution >= 4 is 39.7 Å². The molecule has 4 rings (SSSR count). The SMILES string of the molecule is CCOC(=O)c1c(NC(=O)C2CCN(c3ccc4nnc(C(F)(F)F)n4n3)CC2)sc(C)c1C. The molecule has 34 heavy (non-hydrogen) atoms. The van der Waals surface area contributed by atoms with Crippen LogP contribution in [0.15, 0.2) is 12.1 Å². The standard InChI is InChI=1S/C21H23F3N6O3S/c1-4-33-19(32)16-11(2)12(3)34-18(16)25-17(31)13-7-9-29(10-8-13)15-6-5-14-26-27-20(21(22,23)24)30(14)28-15/h5-6,13H,4,7-10H2,1-3H3,(H,25,31). The Hall–Kier alpha value is -3.22. The summed E-state index contributed by atoms with van der Waals surface area (Å²) in [6.07, 6.45) is -3.70. The first-order valence-electron chi connectivity index (χ1n) is 10.7. The molecular weight excluding hydrogens is 473 g/mol. The van der Waals surface area contributed by atoms with Gasteiger partial charge in [0, 0.05) is 23.9 Å². The van der Waals surface area contributed by atoms with Gasteiger partial charge in [0.2, 0.25) is 5.91 Å². The fourth-order valence-corrected chi connectivity index (χ4v) is 4.92. The van der Waals surface area contributed by atoms with Gasteiger partial charge in [0.05, 0.1) is 12.2 Å². The minimum Gasteiger partial charge on any atom is -0.462 e. The molecule has 1 fully saturated rings. The molecule has 3 aromatic rings. The Bertz CT molecular complexity index is 1230. The van der Waals surface area contributed by atoms with Gasteiger partial charge < -0.3 is 15.0 Å². The van der Waals surface area contributed by atoms with Gasteiger partial charge in [0.1, 0.15) is 10.8 Å². The van der Waals surface area contributed by atoms with Crippen molar-refractivity contribution in [1.82, 2.24) is 19.8 Å². The molecule has 1 aliphatic rings. The molecule has 4 heterocycles. The number of hydrogen-bond donors (Lipinski definition) is 1. The molecule has 0 bridgehead atoms. The van der Waals surface area contributed by atoms with Crippen molar-refractivity contribution in [1.29, 1.82) is 0 Å². The Morgan fingerprint density at radius 2 is 1.91 bits per heavy atom. The van der Waals surface area contributed by atoms with Crippen LogP contribution in [0.1, 0.15) is 46.4 Å². The summed E-state index contributed by atoms with van der Waals surface area (Å²) in [5.74, 6) is -1.81. The van der Waals surface area contributed by atoms with E-state index in [1.165, 1.54) is 17.4 Å². The monoisotopic (exact) mass is 496 g/mol. The van der Waals surface area contributed by atoms with E-state index in [-0.39, 0.29) is 24.1 Å². The van der Waals surface area contributed by atoms with Gasteiger partial charge in [-0.2, -0.15) is 17.7 Å². The molecule has 1 N–H and O–H groups in total. The van der Waals surface area contributed by atoms with Crippen LogP contribution in [-0.2, 0) is 15.7 Å². The maximum absolute atomic E-state index is 13.1. The van der Waals surface area contributed by atoms with Crippen molar-refractivity contribution in [3.05, 3.63) is 34.0 Å². The highest BCUT2D eigenvalue weighted by Crippen LogP contribution is 2.34. The zero-order valence-electron chi connectivity index (χ0n) is 18.8. The first-order valence-corrected chi connectivity index (χ1v) is 11.5. The number of nitrogens with one attached hydrogen (secondary N) is 1. The van der Waals surface area contributed by atoms with Crippen molar-refractivity contribution in [2.75, 3.05) is 29.9 Å². The third kappa shape index (κ3) is 4.56. The maximum Gasteiger partial charge on any atom is 0.453 e. The molecular formula is C21H23F3N6O3S. The van der Waals surface area contributed by atoms with E-state index in [1.54, 1.807) is 13.0 Å². The third-order valence-corrected chi connectivity index (χ3v) is 6.92. The number of thiophene rings is 1. The molecule has 1 aliphatic heterocycles. The van der Waals surface area contributed by atoms with Crippen LogP contribution in [0.4, 0.5) is 24.0 Å². The number of fused-ring (bicyclic) bond motifs is 1. The minimum absolute atomic E-state index is 0.00396. The molecule has 0 unspecified atom stereocenters. The van der Waals surface area contributed by atoms with Crippen LogP contribution in [0.5, 0.6) is 0 Å². The van der Waals surface area contributed by atoms with Crippen LogP contribution in [0.25, 0.3) is 5.65 Å². The molecule has 9 nitrogen and oxygen atoms in total. The molecule has 13 heteroatoms. The van der Waals surface area contributed by atoms with Crippen molar-refractivity contribution < 1.29 is 27.5 Å². The summed E-state index contributed by atoms with van der Waals surface area (Å²) in [5.41, 5.74) is 1.16. The van der Waals surface area contributed by atoms with Crippen LogP contribution in [0, 0.1) is 19.8 Å². The lowest BCUT2D eigenvalue weighted by atomic mass is 9.96. The summed E-state index contributed by atoms with van der Waals surface area (Å²) in [6.45, 7) is 6.52. The normalized spacial score (nSPS) is 15.1. The highest BCUT2D eigenvalue weighted by molar-refractivity contribution is 7.16. The molecule has 0 spiro atoms. The first kappa shape index (κ1) is 23.9. The van der Waals surface area contributed by atoms with Gasteiger partial charge in [-0.1, -0.05) is 0 Å². The van der Waals surface area contributed by atoms with Crippen LogP contribution in [0.3, 0.4) is 0 Å². The largest absolute Gasteiger partial charge is 0.462 e. The van der Waals surface area contributed by atoms with E-state index in [0.29, 0.717) is 46.8 Å². The number of halogens is 3. The van der Waals surface area contributed by atoms with E-state index in [0.717, 1.165) is 10.4 Å². The Balaban J connectivity index is 1.44. The quantitative estimate of drug-likeness (QED) is 0.536. The molecule has 3 aromatic heterocycles. The second-order valence-corrected chi connectivity index (χ2v) is 9.17. The number of ether oxygens (including phenoxy) is 1. The van der Waals surface area contributed by atoms with Gasteiger partial charge in [-0.05, 0) is 51.3 Å². The van der Waals surface area contributed by atoms with Crippen molar-refractivity contribution in [2.45, 2.75) is 39.8 Å². The molecule has 1 saturated heterocycles. The highest BCUT2D eigenvalue weighted by Gasteiger charge is 2.38. The van der Waals surface area contributed by atoms with Crippen molar-refractivity contribution in [3.8, 4) is 0 Å². The number of carbonyl (C=O) groups is 2.